The second-order valence-corrected chi connectivity index (χ2v) is 6.63. The smallest absolute Gasteiger partial charge is 0.253 e. The quantitative estimate of drug-likeness (QED) is 0.696. The molecule has 1 aliphatic heterocycles. The number of para-hydroxylation sites is 1. The summed E-state index contributed by atoms with van der Waals surface area (Å²) in [5, 5.41) is 11.7. The van der Waals surface area contributed by atoms with E-state index in [2.05, 4.69) is 15.5 Å². The molecule has 2 aromatic carbocycles. The lowest BCUT2D eigenvalue weighted by Crippen LogP contribution is -2.49. The van der Waals surface area contributed by atoms with Crippen molar-refractivity contribution in [2.75, 3.05) is 31.1 Å². The van der Waals surface area contributed by atoms with Crippen molar-refractivity contribution in [3.05, 3.63) is 59.9 Å². The van der Waals surface area contributed by atoms with Crippen molar-refractivity contribution in [2.45, 2.75) is 13.5 Å². The molecule has 1 aliphatic rings. The molecule has 3 aromatic rings. The first-order valence-electron chi connectivity index (χ1n) is 9.32. The highest BCUT2D eigenvalue weighted by Crippen LogP contribution is 2.22. The number of piperazine rings is 1. The molecule has 0 spiro atoms. The molecule has 28 heavy (non-hydrogen) atoms. The minimum Gasteiger partial charge on any atom is -0.366 e. The Morgan fingerprint density at radius 1 is 1.07 bits per heavy atom. The highest BCUT2D eigenvalue weighted by Gasteiger charge is 2.24. The predicted molar refractivity (Wildman–Crippen MR) is 103 cm³/mol. The van der Waals surface area contributed by atoms with Crippen molar-refractivity contribution < 1.29 is 9.18 Å². The van der Waals surface area contributed by atoms with E-state index in [1.54, 1.807) is 27.8 Å². The van der Waals surface area contributed by atoms with Gasteiger partial charge in [0.15, 0.2) is 5.82 Å². The van der Waals surface area contributed by atoms with Crippen LogP contribution in [0.5, 0.6) is 0 Å². The van der Waals surface area contributed by atoms with Crippen LogP contribution >= 0.6 is 0 Å². The third-order valence-corrected chi connectivity index (χ3v) is 4.96. The number of tetrazole rings is 1. The predicted octanol–water partition coefficient (Wildman–Crippen LogP) is 2.46. The number of halogens is 1. The molecule has 1 amide bonds. The van der Waals surface area contributed by atoms with E-state index in [4.69, 9.17) is 0 Å². The average Bonchev–Trinajstić information content (AvgIpc) is 3.23. The first-order chi connectivity index (χ1) is 13.7. The summed E-state index contributed by atoms with van der Waals surface area (Å²) in [5.41, 5.74) is 1.99. The van der Waals surface area contributed by atoms with Crippen molar-refractivity contribution in [2.24, 2.45) is 0 Å². The van der Waals surface area contributed by atoms with Gasteiger partial charge in [-0.1, -0.05) is 24.3 Å². The van der Waals surface area contributed by atoms with Gasteiger partial charge in [0.1, 0.15) is 5.82 Å². The third kappa shape index (κ3) is 3.45. The monoisotopic (exact) mass is 380 g/mol. The van der Waals surface area contributed by atoms with Crippen LogP contribution in [0.3, 0.4) is 0 Å². The Balaban J connectivity index is 1.47. The van der Waals surface area contributed by atoms with E-state index in [-0.39, 0.29) is 11.7 Å². The minimum atomic E-state index is -0.233. The summed E-state index contributed by atoms with van der Waals surface area (Å²) in [6, 6.07) is 14.1. The topological polar surface area (TPSA) is 67.2 Å². The van der Waals surface area contributed by atoms with Gasteiger partial charge in [-0.25, -0.2) is 9.07 Å². The van der Waals surface area contributed by atoms with Gasteiger partial charge >= 0.3 is 0 Å². The van der Waals surface area contributed by atoms with Crippen molar-refractivity contribution in [3.8, 4) is 11.4 Å². The number of amides is 1. The van der Waals surface area contributed by atoms with Gasteiger partial charge in [-0.15, -0.1) is 5.10 Å². The molecule has 0 unspecified atom stereocenters. The van der Waals surface area contributed by atoms with Gasteiger partial charge < -0.3 is 9.80 Å². The molecule has 0 N–H and O–H groups in total. The van der Waals surface area contributed by atoms with Crippen LogP contribution in [-0.4, -0.2) is 57.2 Å². The number of hydrogen-bond donors (Lipinski definition) is 0. The van der Waals surface area contributed by atoms with Gasteiger partial charge in [0.2, 0.25) is 0 Å². The first kappa shape index (κ1) is 18.1. The number of aryl methyl sites for hydroxylation is 1. The molecular weight excluding hydrogens is 359 g/mol. The molecule has 1 aromatic heterocycles. The minimum absolute atomic E-state index is 0.0365. The van der Waals surface area contributed by atoms with Crippen LogP contribution in [0.2, 0.25) is 0 Å². The summed E-state index contributed by atoms with van der Waals surface area (Å²) in [7, 11) is 0. The standard InChI is InChI=1S/C20H21FN6O/c1-2-27-19(22-23-24-27)15-6-5-7-16(14-15)20(28)26-12-10-25(11-13-26)18-9-4-3-8-17(18)21/h3-9,14H,2,10-13H2,1H3. The molecule has 1 saturated heterocycles. The van der Waals surface area contributed by atoms with Crippen LogP contribution in [0, 0.1) is 5.82 Å². The van der Waals surface area contributed by atoms with E-state index in [0.29, 0.717) is 49.8 Å². The summed E-state index contributed by atoms with van der Waals surface area (Å²) in [5.74, 6) is 0.371. The maximum absolute atomic E-state index is 14.0. The van der Waals surface area contributed by atoms with Crippen molar-refractivity contribution in [1.82, 2.24) is 25.1 Å². The van der Waals surface area contributed by atoms with E-state index in [9.17, 15) is 9.18 Å². The maximum atomic E-state index is 14.0. The summed E-state index contributed by atoms with van der Waals surface area (Å²) in [4.78, 5) is 16.7. The first-order valence-corrected chi connectivity index (χ1v) is 9.32. The molecule has 0 atom stereocenters. The van der Waals surface area contributed by atoms with Crippen molar-refractivity contribution in [1.29, 1.82) is 0 Å². The fourth-order valence-electron chi connectivity index (χ4n) is 3.46. The van der Waals surface area contributed by atoms with Gasteiger partial charge in [-0.3, -0.25) is 4.79 Å². The fraction of sp³-hybridized carbons (Fsp3) is 0.300. The van der Waals surface area contributed by atoms with Crippen LogP contribution in [0.25, 0.3) is 11.4 Å². The Kier molecular flexibility index (Phi) is 5.01. The third-order valence-electron chi connectivity index (χ3n) is 4.96. The number of aromatic nitrogens is 4. The van der Waals surface area contributed by atoms with E-state index < -0.39 is 0 Å². The Morgan fingerprint density at radius 3 is 2.61 bits per heavy atom. The highest BCUT2D eigenvalue weighted by molar-refractivity contribution is 5.95. The van der Waals surface area contributed by atoms with E-state index in [1.165, 1.54) is 6.07 Å². The average molecular weight is 380 g/mol. The molecule has 2 heterocycles. The molecule has 0 aliphatic carbocycles. The lowest BCUT2D eigenvalue weighted by molar-refractivity contribution is 0.0746. The van der Waals surface area contributed by atoms with Crippen molar-refractivity contribution >= 4 is 11.6 Å². The van der Waals surface area contributed by atoms with Gasteiger partial charge in [-0.2, -0.15) is 0 Å². The van der Waals surface area contributed by atoms with E-state index in [0.717, 1.165) is 5.56 Å². The maximum Gasteiger partial charge on any atom is 0.253 e. The van der Waals surface area contributed by atoms with E-state index in [1.807, 2.05) is 36.1 Å². The lowest BCUT2D eigenvalue weighted by atomic mass is 10.1. The second kappa shape index (κ2) is 7.75. The molecule has 1 fully saturated rings. The van der Waals surface area contributed by atoms with Gasteiger partial charge in [0, 0.05) is 43.9 Å². The zero-order valence-corrected chi connectivity index (χ0v) is 15.6. The number of carbonyl (C=O) groups is 1. The number of hydrogen-bond acceptors (Lipinski definition) is 5. The summed E-state index contributed by atoms with van der Waals surface area (Å²) in [6.45, 7) is 4.90. The van der Waals surface area contributed by atoms with Crippen LogP contribution < -0.4 is 4.90 Å². The number of rotatable bonds is 4. The Bertz CT molecular complexity index is 980. The Morgan fingerprint density at radius 2 is 1.86 bits per heavy atom. The molecule has 0 bridgehead atoms. The highest BCUT2D eigenvalue weighted by atomic mass is 19.1. The zero-order valence-electron chi connectivity index (χ0n) is 15.6. The largest absolute Gasteiger partial charge is 0.366 e. The number of carbonyl (C=O) groups excluding carboxylic acids is 1. The van der Waals surface area contributed by atoms with E-state index >= 15 is 0 Å². The Hall–Kier alpha value is -3.29. The summed E-state index contributed by atoms with van der Waals surface area (Å²) < 4.78 is 15.7. The van der Waals surface area contributed by atoms with Gasteiger partial charge in [0.05, 0.1) is 5.69 Å². The molecule has 7 nitrogen and oxygen atoms in total. The fourth-order valence-corrected chi connectivity index (χ4v) is 3.46. The SMILES string of the molecule is CCn1nnnc1-c1cccc(C(=O)N2CCN(c3ccccc3F)CC2)c1. The normalized spacial score (nSPS) is 14.4. The van der Waals surface area contributed by atoms with Crippen LogP contribution in [0.15, 0.2) is 48.5 Å². The Labute approximate surface area is 162 Å². The number of benzene rings is 2. The summed E-state index contributed by atoms with van der Waals surface area (Å²) >= 11 is 0. The zero-order chi connectivity index (χ0) is 19.5. The van der Waals surface area contributed by atoms with Gasteiger partial charge in [-0.05, 0) is 41.6 Å². The summed E-state index contributed by atoms with van der Waals surface area (Å²) in [6.07, 6.45) is 0. The van der Waals surface area contributed by atoms with Gasteiger partial charge in [0.25, 0.3) is 5.91 Å². The number of anilines is 1. The van der Waals surface area contributed by atoms with Crippen LogP contribution in [0.1, 0.15) is 17.3 Å². The second-order valence-electron chi connectivity index (χ2n) is 6.63. The van der Waals surface area contributed by atoms with Crippen molar-refractivity contribution in [3.63, 3.8) is 0 Å². The molecule has 144 valence electrons. The number of nitrogens with zero attached hydrogens (tertiary/aromatic N) is 6. The molecule has 0 radical (unpaired) electrons. The van der Waals surface area contributed by atoms with Crippen LogP contribution in [0.4, 0.5) is 10.1 Å². The lowest BCUT2D eigenvalue weighted by Gasteiger charge is -2.36. The molecule has 0 saturated carbocycles. The van der Waals surface area contributed by atoms with Crippen LogP contribution in [-0.2, 0) is 6.54 Å². The molecule has 8 heteroatoms. The molecule has 4 rings (SSSR count). The molecular formula is C20H21FN6O.